The van der Waals surface area contributed by atoms with Crippen LogP contribution in [0.3, 0.4) is 0 Å². The molecular weight excluding hydrogens is 132 g/mol. The molecule has 0 rings (SSSR count). The van der Waals surface area contributed by atoms with Gasteiger partial charge >= 0.3 is 5.97 Å². The zero-order valence-electron chi connectivity index (χ0n) is 6.93. The summed E-state index contributed by atoms with van der Waals surface area (Å²) in [5, 5.41) is 0. The van der Waals surface area contributed by atoms with E-state index in [9.17, 15) is 4.79 Å². The first-order chi connectivity index (χ1) is 4.48. The number of hydrogen-bond acceptors (Lipinski definition) is 3. The minimum atomic E-state index is -0.432. The van der Waals surface area contributed by atoms with Crippen LogP contribution in [0.1, 0.15) is 20.8 Å². The predicted octanol–water partition coefficient (Wildman–Crippen LogP) is 1.18. The van der Waals surface area contributed by atoms with E-state index in [1.807, 2.05) is 0 Å². The molecule has 0 fully saturated rings. The summed E-state index contributed by atoms with van der Waals surface area (Å²) in [5.74, 6) is -0.241. The molecule has 0 aromatic carbocycles. The first kappa shape index (κ1) is 9.43. The summed E-state index contributed by atoms with van der Waals surface area (Å²) in [6, 6.07) is 0. The van der Waals surface area contributed by atoms with Crippen molar-refractivity contribution in [2.45, 2.75) is 20.8 Å². The Morgan fingerprint density at radius 3 is 2.20 bits per heavy atom. The van der Waals surface area contributed by atoms with Crippen LogP contribution in [0.5, 0.6) is 0 Å². The molecule has 0 aromatic rings. The second kappa shape index (κ2) is 3.56. The van der Waals surface area contributed by atoms with Gasteiger partial charge in [0.2, 0.25) is 0 Å². The van der Waals surface area contributed by atoms with Gasteiger partial charge in [0.25, 0.3) is 0 Å². The lowest BCUT2D eigenvalue weighted by atomic mass is 9.98. The average Bonchev–Trinajstić information content (AvgIpc) is 1.80. The summed E-state index contributed by atoms with van der Waals surface area (Å²) in [6.07, 6.45) is 0. The lowest BCUT2D eigenvalue weighted by Gasteiger charge is -2.15. The summed E-state index contributed by atoms with van der Waals surface area (Å²) < 4.78 is 9.26. The minimum absolute atomic E-state index is 0.0378. The van der Waals surface area contributed by atoms with Gasteiger partial charge in [0.05, 0.1) is 5.41 Å². The fraction of sp³-hybridized carbons (Fsp3) is 0.857. The monoisotopic (exact) mass is 146 g/mol. The number of carbonyl (C=O) groups is 1. The molecule has 0 saturated heterocycles. The van der Waals surface area contributed by atoms with E-state index in [-0.39, 0.29) is 12.8 Å². The van der Waals surface area contributed by atoms with Gasteiger partial charge in [-0.1, -0.05) is 0 Å². The van der Waals surface area contributed by atoms with Crippen LogP contribution >= 0.6 is 0 Å². The van der Waals surface area contributed by atoms with Crippen molar-refractivity contribution in [3.05, 3.63) is 0 Å². The van der Waals surface area contributed by atoms with E-state index in [4.69, 9.17) is 4.74 Å². The highest BCUT2D eigenvalue weighted by molar-refractivity contribution is 5.75. The lowest BCUT2D eigenvalue weighted by Crippen LogP contribution is -2.23. The lowest BCUT2D eigenvalue weighted by molar-refractivity contribution is -0.163. The van der Waals surface area contributed by atoms with E-state index < -0.39 is 5.41 Å². The van der Waals surface area contributed by atoms with Gasteiger partial charge in [0, 0.05) is 7.11 Å². The SMILES string of the molecule is COCOC(=O)C(C)(C)C. The van der Waals surface area contributed by atoms with Gasteiger partial charge < -0.3 is 9.47 Å². The molecule has 0 unspecified atom stereocenters. The molecule has 0 aliphatic carbocycles. The minimum Gasteiger partial charge on any atom is -0.438 e. The fourth-order valence-corrected chi connectivity index (χ4v) is 0.329. The molecule has 10 heavy (non-hydrogen) atoms. The van der Waals surface area contributed by atoms with E-state index in [1.54, 1.807) is 20.8 Å². The van der Waals surface area contributed by atoms with E-state index in [2.05, 4.69) is 4.74 Å². The van der Waals surface area contributed by atoms with Crippen LogP contribution in [-0.4, -0.2) is 19.9 Å². The van der Waals surface area contributed by atoms with E-state index in [0.29, 0.717) is 0 Å². The van der Waals surface area contributed by atoms with Gasteiger partial charge in [0.15, 0.2) is 6.79 Å². The van der Waals surface area contributed by atoms with Crippen molar-refractivity contribution in [1.82, 2.24) is 0 Å². The Labute approximate surface area is 61.3 Å². The number of ether oxygens (including phenoxy) is 2. The fourth-order valence-electron chi connectivity index (χ4n) is 0.329. The van der Waals surface area contributed by atoms with E-state index in [0.717, 1.165) is 0 Å². The largest absolute Gasteiger partial charge is 0.438 e. The smallest absolute Gasteiger partial charge is 0.313 e. The molecule has 0 amide bonds. The molecule has 60 valence electrons. The van der Waals surface area contributed by atoms with Crippen LogP contribution in [0.2, 0.25) is 0 Å². The van der Waals surface area contributed by atoms with Gasteiger partial charge in [-0.25, -0.2) is 0 Å². The van der Waals surface area contributed by atoms with Crippen LogP contribution in [-0.2, 0) is 14.3 Å². The Morgan fingerprint density at radius 2 is 1.90 bits per heavy atom. The normalized spacial score (nSPS) is 11.2. The highest BCUT2D eigenvalue weighted by Crippen LogP contribution is 2.14. The molecule has 0 atom stereocenters. The third kappa shape index (κ3) is 3.45. The van der Waals surface area contributed by atoms with Gasteiger partial charge in [-0.15, -0.1) is 0 Å². The van der Waals surface area contributed by atoms with Crippen molar-refractivity contribution in [3.63, 3.8) is 0 Å². The Bertz CT molecular complexity index is 113. The number of hydrogen-bond donors (Lipinski definition) is 0. The quantitative estimate of drug-likeness (QED) is 0.433. The molecular formula is C7H14O3. The Kier molecular flexibility index (Phi) is 3.36. The maximum absolute atomic E-state index is 10.9. The maximum atomic E-state index is 10.9. The summed E-state index contributed by atoms with van der Waals surface area (Å²) in [7, 11) is 1.48. The number of methoxy groups -OCH3 is 1. The highest BCUT2D eigenvalue weighted by Gasteiger charge is 2.22. The summed E-state index contributed by atoms with van der Waals surface area (Å²) >= 11 is 0. The van der Waals surface area contributed by atoms with Crippen LogP contribution in [0, 0.1) is 5.41 Å². The van der Waals surface area contributed by atoms with Crippen molar-refractivity contribution in [3.8, 4) is 0 Å². The topological polar surface area (TPSA) is 35.5 Å². The standard InChI is InChI=1S/C7H14O3/c1-7(2,3)6(8)10-5-9-4/h5H2,1-4H3. The van der Waals surface area contributed by atoms with Crippen molar-refractivity contribution in [2.24, 2.45) is 5.41 Å². The molecule has 0 radical (unpaired) electrons. The second-order valence-corrected chi connectivity index (χ2v) is 3.09. The first-order valence-electron chi connectivity index (χ1n) is 3.14. The van der Waals surface area contributed by atoms with Crippen molar-refractivity contribution in [1.29, 1.82) is 0 Å². The number of esters is 1. The average molecular weight is 146 g/mol. The molecule has 0 bridgehead atoms. The maximum Gasteiger partial charge on any atom is 0.313 e. The number of rotatable bonds is 2. The summed E-state index contributed by atoms with van der Waals surface area (Å²) in [6.45, 7) is 5.43. The predicted molar refractivity (Wildman–Crippen MR) is 37.4 cm³/mol. The first-order valence-corrected chi connectivity index (χ1v) is 3.14. The van der Waals surface area contributed by atoms with Crippen LogP contribution in [0.25, 0.3) is 0 Å². The molecule has 0 N–H and O–H groups in total. The molecule has 0 heterocycles. The van der Waals surface area contributed by atoms with Gasteiger partial charge in [0.1, 0.15) is 0 Å². The molecule has 0 aromatic heterocycles. The van der Waals surface area contributed by atoms with Gasteiger partial charge in [-0.05, 0) is 20.8 Å². The zero-order valence-corrected chi connectivity index (χ0v) is 6.93. The molecule has 0 aliphatic heterocycles. The third-order valence-electron chi connectivity index (χ3n) is 0.920. The summed E-state index contributed by atoms with van der Waals surface area (Å²) in [4.78, 5) is 10.9. The Balaban J connectivity index is 3.64. The van der Waals surface area contributed by atoms with E-state index >= 15 is 0 Å². The number of carbonyl (C=O) groups excluding carboxylic acids is 1. The second-order valence-electron chi connectivity index (χ2n) is 3.09. The van der Waals surface area contributed by atoms with Crippen LogP contribution in [0.4, 0.5) is 0 Å². The Hall–Kier alpha value is -0.570. The zero-order chi connectivity index (χ0) is 8.20. The highest BCUT2D eigenvalue weighted by atomic mass is 16.7. The van der Waals surface area contributed by atoms with Crippen molar-refractivity contribution in [2.75, 3.05) is 13.9 Å². The van der Waals surface area contributed by atoms with Crippen LogP contribution < -0.4 is 0 Å². The van der Waals surface area contributed by atoms with Gasteiger partial charge in [-0.2, -0.15) is 0 Å². The van der Waals surface area contributed by atoms with Crippen molar-refractivity contribution < 1.29 is 14.3 Å². The molecule has 3 nitrogen and oxygen atoms in total. The third-order valence-corrected chi connectivity index (χ3v) is 0.920. The molecule has 0 saturated carbocycles. The van der Waals surface area contributed by atoms with Gasteiger partial charge in [-0.3, -0.25) is 4.79 Å². The van der Waals surface area contributed by atoms with Crippen LogP contribution in [0.15, 0.2) is 0 Å². The van der Waals surface area contributed by atoms with E-state index in [1.165, 1.54) is 7.11 Å². The molecule has 0 aliphatic rings. The molecule has 0 spiro atoms. The van der Waals surface area contributed by atoms with Crippen molar-refractivity contribution >= 4 is 5.97 Å². The summed E-state index contributed by atoms with van der Waals surface area (Å²) in [5.41, 5.74) is -0.432. The molecule has 3 heteroatoms. The Morgan fingerprint density at radius 1 is 1.40 bits per heavy atom.